The van der Waals surface area contributed by atoms with E-state index in [1.165, 1.54) is 49.6 Å². The zero-order valence-electron chi connectivity index (χ0n) is 14.4. The zero-order valence-corrected chi connectivity index (χ0v) is 16.0. The van der Waals surface area contributed by atoms with Gasteiger partial charge in [-0.1, -0.05) is 12.1 Å². The number of carbonyl (C=O) groups excluding carboxylic acids is 1. The first kappa shape index (κ1) is 20.8. The van der Waals surface area contributed by atoms with E-state index in [0.717, 1.165) is 12.3 Å². The van der Waals surface area contributed by atoms with Crippen LogP contribution in [0.3, 0.4) is 0 Å². The van der Waals surface area contributed by atoms with Crippen LogP contribution in [0.4, 0.5) is 5.69 Å². The van der Waals surface area contributed by atoms with Crippen molar-refractivity contribution in [3.63, 3.8) is 0 Å². The molecule has 0 aliphatic rings. The third-order valence-electron chi connectivity index (χ3n) is 3.34. The molecule has 0 radical (unpaired) electrons. The van der Waals surface area contributed by atoms with Crippen LogP contribution in [0.25, 0.3) is 12.2 Å². The number of esters is 1. The summed E-state index contributed by atoms with van der Waals surface area (Å²) >= 11 is 3.24. The summed E-state index contributed by atoms with van der Waals surface area (Å²) in [6.45, 7) is 0. The van der Waals surface area contributed by atoms with E-state index in [2.05, 4.69) is 15.9 Å². The second-order valence-corrected chi connectivity index (χ2v) is 6.10. The molecule has 0 N–H and O–H groups in total. The van der Waals surface area contributed by atoms with Crippen molar-refractivity contribution in [1.82, 2.24) is 0 Å². The van der Waals surface area contributed by atoms with Crippen molar-refractivity contribution in [2.75, 3.05) is 7.11 Å². The van der Waals surface area contributed by atoms with Crippen molar-refractivity contribution in [3.8, 4) is 11.5 Å². The fourth-order valence-corrected chi connectivity index (χ4v) is 2.66. The van der Waals surface area contributed by atoms with Gasteiger partial charge in [-0.2, -0.15) is 0 Å². The molecule has 0 atom stereocenters. The van der Waals surface area contributed by atoms with Crippen molar-refractivity contribution in [3.05, 3.63) is 84.5 Å². The number of carbonyl (C=O) groups is 1. The first-order chi connectivity index (χ1) is 13.3. The number of methoxy groups -OCH3 is 1. The highest BCUT2D eigenvalue weighted by atomic mass is 79.9. The minimum atomic E-state index is -0.737. The Morgan fingerprint density at radius 1 is 1.11 bits per heavy atom. The molecule has 0 amide bonds. The molecular weight excluding hydrogens is 436 g/mol. The van der Waals surface area contributed by atoms with Crippen LogP contribution in [-0.4, -0.2) is 22.9 Å². The monoisotopic (exact) mass is 448 g/mol. The van der Waals surface area contributed by atoms with E-state index in [4.69, 9.17) is 9.47 Å². The quantitative estimate of drug-likeness (QED) is 0.204. The molecule has 9 nitrogen and oxygen atoms in total. The smallest absolute Gasteiger partial charge is 0.336 e. The molecule has 2 aromatic rings. The van der Waals surface area contributed by atoms with Crippen LogP contribution in [0.15, 0.2) is 53.1 Å². The predicted octanol–water partition coefficient (Wildman–Crippen LogP) is 4.23. The Hall–Kier alpha value is -3.53. The summed E-state index contributed by atoms with van der Waals surface area (Å²) in [6, 6.07) is 8.75. The minimum absolute atomic E-state index is 0.0921. The second kappa shape index (κ2) is 9.42. The number of hydrogen-bond donors (Lipinski definition) is 0. The van der Waals surface area contributed by atoms with Gasteiger partial charge in [0.1, 0.15) is 0 Å². The molecular formula is C18H13BrN2O7. The second-order valence-electron chi connectivity index (χ2n) is 5.24. The SMILES string of the molecule is COc1cc(/C=C/[N+](=O)[O-])cc(Br)c1OC(=O)/C=C/c1cccc([N+](=O)[O-])c1. The molecule has 0 unspecified atom stereocenters. The Morgan fingerprint density at radius 2 is 1.86 bits per heavy atom. The predicted molar refractivity (Wildman–Crippen MR) is 104 cm³/mol. The number of halogens is 1. The number of nitrogens with zero attached hydrogens (tertiary/aromatic N) is 2. The number of hydrogen-bond acceptors (Lipinski definition) is 7. The molecule has 0 aliphatic carbocycles. The van der Waals surface area contributed by atoms with Crippen LogP contribution in [0, 0.1) is 20.2 Å². The van der Waals surface area contributed by atoms with Crippen molar-refractivity contribution >= 4 is 39.7 Å². The van der Waals surface area contributed by atoms with Gasteiger partial charge in [0.15, 0.2) is 11.5 Å². The van der Waals surface area contributed by atoms with E-state index in [1.807, 2.05) is 0 Å². The van der Waals surface area contributed by atoms with E-state index < -0.39 is 15.8 Å². The van der Waals surface area contributed by atoms with Gasteiger partial charge in [0.05, 0.1) is 21.4 Å². The molecule has 0 spiro atoms. The van der Waals surface area contributed by atoms with Gasteiger partial charge in [-0.05, 0) is 45.3 Å². The summed E-state index contributed by atoms with van der Waals surface area (Å²) in [4.78, 5) is 32.2. The Balaban J connectivity index is 2.20. The van der Waals surface area contributed by atoms with E-state index in [9.17, 15) is 25.0 Å². The molecule has 0 heterocycles. The Morgan fingerprint density at radius 3 is 2.50 bits per heavy atom. The van der Waals surface area contributed by atoms with Crippen LogP contribution in [0.1, 0.15) is 11.1 Å². The fourth-order valence-electron chi connectivity index (χ4n) is 2.12. The van der Waals surface area contributed by atoms with Gasteiger partial charge in [0.2, 0.25) is 6.20 Å². The van der Waals surface area contributed by atoms with E-state index in [-0.39, 0.29) is 17.2 Å². The average Bonchev–Trinajstić information content (AvgIpc) is 2.66. The number of nitro groups is 2. The number of non-ortho nitro benzene ring substituents is 1. The summed E-state index contributed by atoms with van der Waals surface area (Å²) in [5.74, 6) is -0.456. The van der Waals surface area contributed by atoms with Crippen LogP contribution in [0.2, 0.25) is 0 Å². The van der Waals surface area contributed by atoms with Gasteiger partial charge in [-0.25, -0.2) is 4.79 Å². The maximum atomic E-state index is 12.1. The number of rotatable bonds is 7. The molecule has 10 heteroatoms. The largest absolute Gasteiger partial charge is 0.493 e. The lowest BCUT2D eigenvalue weighted by Crippen LogP contribution is -2.06. The molecule has 0 aromatic heterocycles. The molecule has 28 heavy (non-hydrogen) atoms. The molecule has 2 aromatic carbocycles. The Labute approximate surface area is 167 Å². The molecule has 0 bridgehead atoms. The first-order valence-electron chi connectivity index (χ1n) is 7.63. The maximum Gasteiger partial charge on any atom is 0.336 e. The average molecular weight is 449 g/mol. The van der Waals surface area contributed by atoms with E-state index in [0.29, 0.717) is 15.6 Å². The van der Waals surface area contributed by atoms with Crippen molar-refractivity contribution in [2.24, 2.45) is 0 Å². The lowest BCUT2D eigenvalue weighted by Gasteiger charge is -2.11. The summed E-state index contributed by atoms with van der Waals surface area (Å²) in [5.41, 5.74) is 0.822. The van der Waals surface area contributed by atoms with E-state index >= 15 is 0 Å². The Bertz CT molecular complexity index is 986. The van der Waals surface area contributed by atoms with Crippen LogP contribution >= 0.6 is 15.9 Å². The maximum absolute atomic E-state index is 12.1. The molecule has 2 rings (SSSR count). The molecule has 0 fully saturated rings. The lowest BCUT2D eigenvalue weighted by atomic mass is 10.2. The van der Waals surface area contributed by atoms with E-state index in [1.54, 1.807) is 6.07 Å². The van der Waals surface area contributed by atoms with Gasteiger partial charge < -0.3 is 9.47 Å². The highest BCUT2D eigenvalue weighted by Crippen LogP contribution is 2.37. The van der Waals surface area contributed by atoms with Gasteiger partial charge >= 0.3 is 5.97 Å². The molecule has 144 valence electrons. The van der Waals surface area contributed by atoms with Crippen LogP contribution in [0.5, 0.6) is 11.5 Å². The van der Waals surface area contributed by atoms with Crippen LogP contribution in [-0.2, 0) is 4.79 Å². The van der Waals surface area contributed by atoms with Crippen molar-refractivity contribution < 1.29 is 24.1 Å². The molecule has 0 aliphatic heterocycles. The van der Waals surface area contributed by atoms with Gasteiger partial charge in [0.25, 0.3) is 5.69 Å². The topological polar surface area (TPSA) is 122 Å². The fraction of sp³-hybridized carbons (Fsp3) is 0.0556. The number of benzene rings is 2. The Kier molecular flexibility index (Phi) is 6.99. The summed E-state index contributed by atoms with van der Waals surface area (Å²) in [6.07, 6.45) is 4.53. The summed E-state index contributed by atoms with van der Waals surface area (Å²) < 4.78 is 10.8. The summed E-state index contributed by atoms with van der Waals surface area (Å²) in [5, 5.41) is 21.2. The standard InChI is InChI=1S/C18H13BrN2O7/c1-27-16-11-13(7-8-20(23)24)10-15(19)18(16)28-17(22)6-5-12-3-2-4-14(9-12)21(25)26/h2-11H,1H3/b6-5+,8-7+. The zero-order chi connectivity index (χ0) is 20.7. The van der Waals surface area contributed by atoms with Gasteiger partial charge in [0, 0.05) is 24.3 Å². The summed E-state index contributed by atoms with van der Waals surface area (Å²) in [7, 11) is 1.36. The van der Waals surface area contributed by atoms with Crippen LogP contribution < -0.4 is 9.47 Å². The van der Waals surface area contributed by atoms with Gasteiger partial charge in [-0.15, -0.1) is 0 Å². The number of nitro benzene ring substituents is 1. The van der Waals surface area contributed by atoms with Crippen molar-refractivity contribution in [2.45, 2.75) is 0 Å². The highest BCUT2D eigenvalue weighted by molar-refractivity contribution is 9.10. The molecule has 0 saturated heterocycles. The van der Waals surface area contributed by atoms with Gasteiger partial charge in [-0.3, -0.25) is 20.2 Å². The normalized spacial score (nSPS) is 10.9. The minimum Gasteiger partial charge on any atom is -0.493 e. The number of ether oxygens (including phenoxy) is 2. The first-order valence-corrected chi connectivity index (χ1v) is 8.43. The highest BCUT2D eigenvalue weighted by Gasteiger charge is 2.14. The molecule has 0 saturated carbocycles. The third kappa shape index (κ3) is 5.74. The third-order valence-corrected chi connectivity index (χ3v) is 3.93. The lowest BCUT2D eigenvalue weighted by molar-refractivity contribution is -0.400. The van der Waals surface area contributed by atoms with Crippen molar-refractivity contribution in [1.29, 1.82) is 0 Å².